The number of benzene rings is 1. The van der Waals surface area contributed by atoms with Gasteiger partial charge in [-0.2, -0.15) is 0 Å². The first-order chi connectivity index (χ1) is 11.7. The van der Waals surface area contributed by atoms with E-state index in [0.717, 1.165) is 25.1 Å². The van der Waals surface area contributed by atoms with E-state index in [9.17, 15) is 13.6 Å². The van der Waals surface area contributed by atoms with Gasteiger partial charge in [0.25, 0.3) is 0 Å². The quantitative estimate of drug-likeness (QED) is 0.778. The molecule has 0 aliphatic carbocycles. The summed E-state index contributed by atoms with van der Waals surface area (Å²) in [5, 5.41) is 11.8. The van der Waals surface area contributed by atoms with Gasteiger partial charge in [0.05, 0.1) is 23.7 Å². The standard InChI is InChI=1S/C18H25ClF2N2O2/c1-18(2,3)16(14-12(20)7-6-11(19)15(14)21)22-17(25)13-5-4-8-23(13)9-10-24/h6-7,13,16,24H,4-5,8-10H2,1-3H3,(H,22,25)/t13-,16+/m0/s1. The first kappa shape index (κ1) is 20.1. The molecular formula is C18H25ClF2N2O2. The van der Waals surface area contributed by atoms with Crippen molar-refractivity contribution in [3.05, 3.63) is 34.4 Å². The number of hydrogen-bond acceptors (Lipinski definition) is 3. The van der Waals surface area contributed by atoms with Gasteiger partial charge in [0.1, 0.15) is 11.6 Å². The van der Waals surface area contributed by atoms with Gasteiger partial charge in [-0.15, -0.1) is 0 Å². The van der Waals surface area contributed by atoms with Crippen molar-refractivity contribution in [2.75, 3.05) is 19.7 Å². The number of nitrogens with zero attached hydrogens (tertiary/aromatic N) is 1. The molecule has 1 aromatic carbocycles. The summed E-state index contributed by atoms with van der Waals surface area (Å²) in [6, 6.07) is 1.01. The molecule has 0 radical (unpaired) electrons. The number of likely N-dealkylation sites (tertiary alicyclic amines) is 1. The predicted molar refractivity (Wildman–Crippen MR) is 93.4 cm³/mol. The summed E-state index contributed by atoms with van der Waals surface area (Å²) in [5.41, 5.74) is -0.845. The van der Waals surface area contributed by atoms with Gasteiger partial charge < -0.3 is 10.4 Å². The Bertz CT molecular complexity index is 634. The van der Waals surface area contributed by atoms with Crippen molar-refractivity contribution < 1.29 is 18.7 Å². The van der Waals surface area contributed by atoms with E-state index in [4.69, 9.17) is 16.7 Å². The van der Waals surface area contributed by atoms with Gasteiger partial charge in [0, 0.05) is 12.1 Å². The van der Waals surface area contributed by atoms with Crippen LogP contribution in [-0.4, -0.2) is 41.7 Å². The van der Waals surface area contributed by atoms with Crippen LogP contribution in [0.25, 0.3) is 0 Å². The number of aliphatic hydroxyl groups excluding tert-OH is 1. The van der Waals surface area contributed by atoms with E-state index in [1.165, 1.54) is 0 Å². The molecular weight excluding hydrogens is 350 g/mol. The van der Waals surface area contributed by atoms with Gasteiger partial charge in [-0.3, -0.25) is 9.69 Å². The van der Waals surface area contributed by atoms with Crippen LogP contribution in [0.5, 0.6) is 0 Å². The van der Waals surface area contributed by atoms with Gasteiger partial charge in [-0.1, -0.05) is 32.4 Å². The lowest BCUT2D eigenvalue weighted by molar-refractivity contribution is -0.127. The zero-order chi connectivity index (χ0) is 18.8. The number of β-amino-alcohol motifs (C(OH)–C–C–N with tert-alkyl or cyclic N) is 1. The molecule has 0 aromatic heterocycles. The Morgan fingerprint density at radius 3 is 2.72 bits per heavy atom. The highest BCUT2D eigenvalue weighted by Gasteiger charge is 2.37. The van der Waals surface area contributed by atoms with Crippen LogP contribution in [0.15, 0.2) is 12.1 Å². The second kappa shape index (κ2) is 7.98. The number of hydrogen-bond donors (Lipinski definition) is 2. The normalized spacial score (nSPS) is 19.9. The van der Waals surface area contributed by atoms with Gasteiger partial charge in [-0.25, -0.2) is 8.78 Å². The van der Waals surface area contributed by atoms with Crippen LogP contribution in [0.2, 0.25) is 5.02 Å². The van der Waals surface area contributed by atoms with Crippen LogP contribution >= 0.6 is 11.6 Å². The minimum absolute atomic E-state index is 0.0377. The highest BCUT2D eigenvalue weighted by atomic mass is 35.5. The van der Waals surface area contributed by atoms with Gasteiger partial charge in [0.2, 0.25) is 5.91 Å². The highest BCUT2D eigenvalue weighted by Crippen LogP contribution is 2.37. The van der Waals surface area contributed by atoms with Crippen molar-refractivity contribution in [3.8, 4) is 0 Å². The number of carbonyl (C=O) groups excluding carboxylic acids is 1. The molecule has 1 aliphatic rings. The van der Waals surface area contributed by atoms with Gasteiger partial charge >= 0.3 is 0 Å². The predicted octanol–water partition coefficient (Wildman–Crippen LogP) is 3.28. The number of rotatable bonds is 5. The lowest BCUT2D eigenvalue weighted by Crippen LogP contribution is -2.48. The fraction of sp³-hybridized carbons (Fsp3) is 0.611. The molecule has 1 amide bonds. The number of carbonyl (C=O) groups is 1. The molecule has 1 aromatic rings. The molecule has 2 rings (SSSR count). The summed E-state index contributed by atoms with van der Waals surface area (Å²) in [6.07, 6.45) is 1.50. The molecule has 0 saturated carbocycles. The molecule has 25 heavy (non-hydrogen) atoms. The Kier molecular flexibility index (Phi) is 6.40. The third-order valence-corrected chi connectivity index (χ3v) is 4.87. The number of halogens is 3. The van der Waals surface area contributed by atoms with Crippen LogP contribution in [0.1, 0.15) is 45.2 Å². The maximum Gasteiger partial charge on any atom is 0.237 e. The van der Waals surface area contributed by atoms with Crippen LogP contribution in [0, 0.1) is 17.0 Å². The second-order valence-corrected chi connectivity index (χ2v) is 7.89. The van der Waals surface area contributed by atoms with Crippen molar-refractivity contribution >= 4 is 17.5 Å². The Hall–Kier alpha value is -1.24. The first-order valence-corrected chi connectivity index (χ1v) is 8.83. The molecule has 0 unspecified atom stereocenters. The molecule has 140 valence electrons. The zero-order valence-corrected chi connectivity index (χ0v) is 15.5. The van der Waals surface area contributed by atoms with Crippen LogP contribution in [0.3, 0.4) is 0 Å². The van der Waals surface area contributed by atoms with E-state index in [2.05, 4.69) is 5.32 Å². The van der Waals surface area contributed by atoms with Crippen molar-refractivity contribution in [1.29, 1.82) is 0 Å². The van der Waals surface area contributed by atoms with E-state index >= 15 is 0 Å². The van der Waals surface area contributed by atoms with E-state index in [-0.39, 0.29) is 23.1 Å². The third kappa shape index (κ3) is 4.49. The fourth-order valence-electron chi connectivity index (χ4n) is 3.29. The largest absolute Gasteiger partial charge is 0.395 e. The third-order valence-electron chi connectivity index (χ3n) is 4.57. The molecule has 2 atom stereocenters. The second-order valence-electron chi connectivity index (χ2n) is 7.48. The average molecular weight is 375 g/mol. The Labute approximate surface area is 152 Å². The molecule has 0 spiro atoms. The lowest BCUT2D eigenvalue weighted by atomic mass is 9.81. The van der Waals surface area contributed by atoms with E-state index in [1.807, 2.05) is 4.90 Å². The van der Waals surface area contributed by atoms with Crippen molar-refractivity contribution in [3.63, 3.8) is 0 Å². The smallest absolute Gasteiger partial charge is 0.237 e. The van der Waals surface area contributed by atoms with Gasteiger partial charge in [0.15, 0.2) is 0 Å². The molecule has 1 fully saturated rings. The summed E-state index contributed by atoms with van der Waals surface area (Å²) in [7, 11) is 0. The molecule has 7 heteroatoms. The van der Waals surface area contributed by atoms with Crippen LogP contribution in [-0.2, 0) is 4.79 Å². The van der Waals surface area contributed by atoms with E-state index in [0.29, 0.717) is 13.0 Å². The Morgan fingerprint density at radius 2 is 2.12 bits per heavy atom. The number of aliphatic hydroxyl groups is 1. The SMILES string of the molecule is CC(C)(C)[C@H](NC(=O)[C@@H]1CCCN1CCO)c1c(F)ccc(Cl)c1F. The van der Waals surface area contributed by atoms with E-state index < -0.39 is 29.1 Å². The Balaban J connectivity index is 2.31. The number of amides is 1. The molecule has 1 saturated heterocycles. The minimum Gasteiger partial charge on any atom is -0.395 e. The summed E-state index contributed by atoms with van der Waals surface area (Å²) in [4.78, 5) is 14.6. The first-order valence-electron chi connectivity index (χ1n) is 8.45. The maximum absolute atomic E-state index is 14.5. The number of nitrogens with one attached hydrogen (secondary N) is 1. The van der Waals surface area contributed by atoms with Crippen LogP contribution in [0.4, 0.5) is 8.78 Å². The monoisotopic (exact) mass is 374 g/mol. The topological polar surface area (TPSA) is 52.6 Å². The van der Waals surface area contributed by atoms with Crippen molar-refractivity contribution in [2.24, 2.45) is 5.41 Å². The minimum atomic E-state index is -0.865. The average Bonchev–Trinajstić information content (AvgIpc) is 2.98. The molecule has 4 nitrogen and oxygen atoms in total. The van der Waals surface area contributed by atoms with Crippen molar-refractivity contribution in [2.45, 2.75) is 45.7 Å². The fourth-order valence-corrected chi connectivity index (χ4v) is 3.45. The highest BCUT2D eigenvalue weighted by molar-refractivity contribution is 6.30. The molecule has 1 heterocycles. The van der Waals surface area contributed by atoms with Crippen molar-refractivity contribution in [1.82, 2.24) is 10.2 Å². The summed E-state index contributed by atoms with van der Waals surface area (Å²) in [5.74, 6) is -1.87. The molecule has 1 aliphatic heterocycles. The Morgan fingerprint density at radius 1 is 1.44 bits per heavy atom. The maximum atomic E-state index is 14.5. The zero-order valence-electron chi connectivity index (χ0n) is 14.8. The summed E-state index contributed by atoms with van der Waals surface area (Å²) >= 11 is 5.82. The van der Waals surface area contributed by atoms with Crippen LogP contribution < -0.4 is 5.32 Å². The molecule has 0 bridgehead atoms. The lowest BCUT2D eigenvalue weighted by Gasteiger charge is -2.34. The molecule has 2 N–H and O–H groups in total. The van der Waals surface area contributed by atoms with E-state index in [1.54, 1.807) is 20.8 Å². The van der Waals surface area contributed by atoms with Gasteiger partial charge in [-0.05, 0) is 36.9 Å². The summed E-state index contributed by atoms with van der Waals surface area (Å²) < 4.78 is 28.8. The summed E-state index contributed by atoms with van der Waals surface area (Å²) in [6.45, 7) is 6.49.